The van der Waals surface area contributed by atoms with E-state index in [2.05, 4.69) is 10.6 Å². The first-order valence-corrected chi connectivity index (χ1v) is 14.8. The number of anilines is 1. The van der Waals surface area contributed by atoms with Gasteiger partial charge in [-0.2, -0.15) is 0 Å². The fourth-order valence-electron chi connectivity index (χ4n) is 6.01. The molecule has 3 atom stereocenters. The molecule has 216 valence electrons. The van der Waals surface area contributed by atoms with Crippen LogP contribution in [0.3, 0.4) is 0 Å². The number of carbonyl (C=O) groups excluding carboxylic acids is 3. The highest BCUT2D eigenvalue weighted by atomic mass is 16.5. The quantitative estimate of drug-likeness (QED) is 0.473. The number of carbonyl (C=O) groups is 3. The predicted octanol–water partition coefficient (Wildman–Crippen LogP) is 4.40. The molecule has 2 fully saturated rings. The molecule has 2 aliphatic carbocycles. The molecule has 3 N–H and O–H groups in total. The lowest BCUT2D eigenvalue weighted by atomic mass is 9.88. The number of aliphatic hydroxyl groups is 1. The van der Waals surface area contributed by atoms with Gasteiger partial charge in [-0.05, 0) is 50.8 Å². The molecule has 0 unspecified atom stereocenters. The van der Waals surface area contributed by atoms with E-state index < -0.39 is 0 Å². The summed E-state index contributed by atoms with van der Waals surface area (Å²) in [5.74, 6) is 0.0786. The largest absolute Gasteiger partial charge is 0.487 e. The lowest BCUT2D eigenvalue weighted by Gasteiger charge is -2.38. The van der Waals surface area contributed by atoms with Gasteiger partial charge in [0.05, 0.1) is 24.8 Å². The fourth-order valence-corrected chi connectivity index (χ4v) is 6.01. The maximum atomic E-state index is 13.7. The van der Waals surface area contributed by atoms with Crippen LogP contribution in [0.15, 0.2) is 18.2 Å². The van der Waals surface area contributed by atoms with E-state index in [0.29, 0.717) is 30.1 Å². The van der Waals surface area contributed by atoms with Gasteiger partial charge < -0.3 is 30.3 Å². The van der Waals surface area contributed by atoms with E-state index in [1.54, 1.807) is 35.0 Å². The highest BCUT2D eigenvalue weighted by Gasteiger charge is 2.34. The number of ether oxygens (including phenoxy) is 1. The Morgan fingerprint density at radius 1 is 1.10 bits per heavy atom. The number of nitrogens with one attached hydrogen (secondary N) is 2. The third kappa shape index (κ3) is 7.44. The van der Waals surface area contributed by atoms with Crippen molar-refractivity contribution in [3.8, 4) is 5.75 Å². The van der Waals surface area contributed by atoms with Crippen LogP contribution in [0.5, 0.6) is 5.75 Å². The number of urea groups is 1. The lowest BCUT2D eigenvalue weighted by molar-refractivity contribution is -0.120. The van der Waals surface area contributed by atoms with Crippen LogP contribution in [0.1, 0.15) is 88.4 Å². The summed E-state index contributed by atoms with van der Waals surface area (Å²) >= 11 is 0. The van der Waals surface area contributed by atoms with Crippen molar-refractivity contribution in [2.75, 3.05) is 32.1 Å². The normalized spacial score (nSPS) is 23.6. The van der Waals surface area contributed by atoms with Gasteiger partial charge in [0.15, 0.2) is 0 Å². The topological polar surface area (TPSA) is 111 Å². The summed E-state index contributed by atoms with van der Waals surface area (Å²) < 4.78 is 6.42. The zero-order valence-electron chi connectivity index (χ0n) is 23.8. The molecule has 0 aromatic heterocycles. The van der Waals surface area contributed by atoms with Crippen LogP contribution in [0, 0.1) is 11.8 Å². The Balaban J connectivity index is 1.53. The van der Waals surface area contributed by atoms with Crippen molar-refractivity contribution < 1.29 is 24.2 Å². The van der Waals surface area contributed by atoms with Gasteiger partial charge in [0.1, 0.15) is 11.9 Å². The van der Waals surface area contributed by atoms with E-state index in [0.717, 1.165) is 51.4 Å². The molecule has 1 aromatic carbocycles. The summed E-state index contributed by atoms with van der Waals surface area (Å²) in [6.07, 6.45) is 10.3. The first-order valence-electron chi connectivity index (χ1n) is 14.8. The molecule has 0 saturated heterocycles. The zero-order chi connectivity index (χ0) is 27.9. The number of hydrogen-bond acceptors (Lipinski definition) is 5. The van der Waals surface area contributed by atoms with Crippen molar-refractivity contribution in [2.24, 2.45) is 11.8 Å². The van der Waals surface area contributed by atoms with Crippen LogP contribution < -0.4 is 15.4 Å². The molecule has 0 spiro atoms. The molecule has 4 rings (SSSR count). The number of benzene rings is 1. The summed E-state index contributed by atoms with van der Waals surface area (Å²) in [6.45, 7) is 4.39. The van der Waals surface area contributed by atoms with Crippen molar-refractivity contribution in [2.45, 2.75) is 96.2 Å². The van der Waals surface area contributed by atoms with Crippen LogP contribution in [0.4, 0.5) is 10.5 Å². The Morgan fingerprint density at radius 3 is 2.44 bits per heavy atom. The Labute approximate surface area is 232 Å². The highest BCUT2D eigenvalue weighted by Crippen LogP contribution is 2.32. The number of rotatable bonds is 7. The van der Waals surface area contributed by atoms with Crippen LogP contribution in [0.2, 0.25) is 0 Å². The number of nitrogens with zero attached hydrogens (tertiary/aromatic N) is 2. The second kappa shape index (κ2) is 13.5. The van der Waals surface area contributed by atoms with Gasteiger partial charge in [-0.3, -0.25) is 9.59 Å². The molecule has 1 aromatic rings. The van der Waals surface area contributed by atoms with E-state index in [4.69, 9.17) is 4.74 Å². The first kappa shape index (κ1) is 29.2. The Hall–Kier alpha value is -2.81. The smallest absolute Gasteiger partial charge is 0.317 e. The summed E-state index contributed by atoms with van der Waals surface area (Å²) in [5.41, 5.74) is 0.912. The molecule has 2 saturated carbocycles. The van der Waals surface area contributed by atoms with E-state index in [-0.39, 0.29) is 54.5 Å². The molecule has 0 radical (unpaired) electrons. The van der Waals surface area contributed by atoms with Gasteiger partial charge in [0, 0.05) is 37.2 Å². The molecule has 4 amide bonds. The third-order valence-corrected chi connectivity index (χ3v) is 8.64. The van der Waals surface area contributed by atoms with Gasteiger partial charge in [-0.15, -0.1) is 0 Å². The highest BCUT2D eigenvalue weighted by molar-refractivity contribution is 6.00. The molecule has 9 heteroatoms. The van der Waals surface area contributed by atoms with Crippen LogP contribution in [0.25, 0.3) is 0 Å². The molecule has 1 heterocycles. The monoisotopic (exact) mass is 542 g/mol. The van der Waals surface area contributed by atoms with Gasteiger partial charge in [0.2, 0.25) is 5.91 Å². The summed E-state index contributed by atoms with van der Waals surface area (Å²) in [7, 11) is 1.77. The maximum Gasteiger partial charge on any atom is 0.317 e. The second-order valence-corrected chi connectivity index (χ2v) is 11.8. The van der Waals surface area contributed by atoms with Crippen molar-refractivity contribution in [3.63, 3.8) is 0 Å². The summed E-state index contributed by atoms with van der Waals surface area (Å²) in [5, 5.41) is 16.1. The molecule has 1 aliphatic heterocycles. The van der Waals surface area contributed by atoms with Crippen molar-refractivity contribution in [3.05, 3.63) is 23.8 Å². The maximum absolute atomic E-state index is 13.7. The number of amides is 4. The van der Waals surface area contributed by atoms with Crippen molar-refractivity contribution in [1.82, 2.24) is 15.1 Å². The fraction of sp³-hybridized carbons (Fsp3) is 0.700. The minimum atomic E-state index is -0.389. The van der Waals surface area contributed by atoms with E-state index in [1.165, 1.54) is 12.8 Å². The van der Waals surface area contributed by atoms with Gasteiger partial charge in [-0.1, -0.05) is 45.4 Å². The Bertz CT molecular complexity index is 1010. The SMILES string of the molecule is C[C@H]1CN([C@@H](C)CO)C(=O)c2cc(NC(=O)C3CCCCC3)ccc2O[C@H]1CN(C)C(=O)NC1CCCCC1. The lowest BCUT2D eigenvalue weighted by Crippen LogP contribution is -2.52. The third-order valence-electron chi connectivity index (χ3n) is 8.64. The second-order valence-electron chi connectivity index (χ2n) is 11.8. The Morgan fingerprint density at radius 2 is 1.77 bits per heavy atom. The number of fused-ring (bicyclic) bond motifs is 1. The van der Waals surface area contributed by atoms with Crippen LogP contribution >= 0.6 is 0 Å². The molecular weight excluding hydrogens is 496 g/mol. The van der Waals surface area contributed by atoms with E-state index in [1.807, 2.05) is 13.8 Å². The van der Waals surface area contributed by atoms with E-state index in [9.17, 15) is 19.5 Å². The van der Waals surface area contributed by atoms with Gasteiger partial charge >= 0.3 is 6.03 Å². The predicted molar refractivity (Wildman–Crippen MR) is 151 cm³/mol. The van der Waals surface area contributed by atoms with E-state index >= 15 is 0 Å². The van der Waals surface area contributed by atoms with Crippen molar-refractivity contribution >= 4 is 23.5 Å². The number of hydrogen-bond donors (Lipinski definition) is 3. The number of aliphatic hydroxyl groups excluding tert-OH is 1. The standard InChI is InChI=1S/C30H46N4O5/c1-20-17-34(21(2)19-35)29(37)25-16-24(31-28(36)22-10-6-4-7-11-22)14-15-26(25)39-27(20)18-33(3)30(38)32-23-12-8-5-9-13-23/h14-16,20-23,27,35H,4-13,17-19H2,1-3H3,(H,31,36)(H,32,38)/t20-,21-,27-/m0/s1. The van der Waals surface area contributed by atoms with Gasteiger partial charge in [-0.25, -0.2) is 4.79 Å². The Kier molecular flexibility index (Phi) is 10.1. The van der Waals surface area contributed by atoms with Crippen molar-refractivity contribution in [1.29, 1.82) is 0 Å². The van der Waals surface area contributed by atoms with Crippen LogP contribution in [-0.2, 0) is 4.79 Å². The molecule has 3 aliphatic rings. The number of likely N-dealkylation sites (N-methyl/N-ethyl adjacent to an activating group) is 1. The molecule has 0 bridgehead atoms. The minimum absolute atomic E-state index is 0.000792. The summed E-state index contributed by atoms with van der Waals surface area (Å²) in [6, 6.07) is 4.90. The minimum Gasteiger partial charge on any atom is -0.487 e. The zero-order valence-corrected chi connectivity index (χ0v) is 23.8. The molecular formula is C30H46N4O5. The van der Waals surface area contributed by atoms with Gasteiger partial charge in [0.25, 0.3) is 5.91 Å². The molecule has 9 nitrogen and oxygen atoms in total. The van der Waals surface area contributed by atoms with Crippen LogP contribution in [-0.4, -0.2) is 77.7 Å². The molecule has 39 heavy (non-hydrogen) atoms. The average Bonchev–Trinajstić information content (AvgIpc) is 2.95. The first-order chi connectivity index (χ1) is 18.8. The summed E-state index contributed by atoms with van der Waals surface area (Å²) in [4.78, 5) is 42.8. The average molecular weight is 543 g/mol.